The molecule has 2 heterocycles. The molecule has 16 heavy (non-hydrogen) atoms. The van der Waals surface area contributed by atoms with E-state index in [9.17, 15) is 4.79 Å². The predicted octanol–water partition coefficient (Wildman–Crippen LogP) is 2.30. The van der Waals surface area contributed by atoms with Gasteiger partial charge >= 0.3 is 0 Å². The molecule has 1 aliphatic rings. The van der Waals surface area contributed by atoms with E-state index in [0.29, 0.717) is 0 Å². The molecule has 86 valence electrons. The van der Waals surface area contributed by atoms with Gasteiger partial charge in [-0.3, -0.25) is 9.78 Å². The van der Waals surface area contributed by atoms with Crippen LogP contribution in [-0.2, 0) is 11.2 Å². The van der Waals surface area contributed by atoms with Crippen LogP contribution in [0, 0.1) is 5.92 Å². The van der Waals surface area contributed by atoms with Crippen molar-refractivity contribution in [2.45, 2.75) is 25.7 Å². The molecule has 0 spiro atoms. The Labute approximate surface area is 104 Å². The van der Waals surface area contributed by atoms with Crippen LogP contribution in [0.1, 0.15) is 24.8 Å². The van der Waals surface area contributed by atoms with Crippen LogP contribution in [0.3, 0.4) is 0 Å². The zero-order valence-corrected chi connectivity index (χ0v) is 10.7. The average Bonchev–Trinajstić information content (AvgIpc) is 2.45. The Bertz CT molecular complexity index is 381. The van der Waals surface area contributed by atoms with Crippen LogP contribution in [0.4, 0.5) is 0 Å². The van der Waals surface area contributed by atoms with Gasteiger partial charge in [-0.2, -0.15) is 0 Å². The van der Waals surface area contributed by atoms with Crippen LogP contribution in [0.5, 0.6) is 0 Å². The topological polar surface area (TPSA) is 42.0 Å². The number of aromatic nitrogens is 1. The summed E-state index contributed by atoms with van der Waals surface area (Å²) in [7, 11) is 0. The molecule has 1 aromatic heterocycles. The Kier molecular flexibility index (Phi) is 3.93. The van der Waals surface area contributed by atoms with E-state index in [2.05, 4.69) is 26.2 Å². The number of nitrogens with zero attached hydrogens (tertiary/aromatic N) is 1. The van der Waals surface area contributed by atoms with Gasteiger partial charge in [-0.1, -0.05) is 6.42 Å². The monoisotopic (exact) mass is 282 g/mol. The molecular weight excluding hydrogens is 268 g/mol. The van der Waals surface area contributed by atoms with E-state index in [4.69, 9.17) is 0 Å². The highest BCUT2D eigenvalue weighted by atomic mass is 79.9. The first-order valence-electron chi connectivity index (χ1n) is 5.63. The highest BCUT2D eigenvalue weighted by molar-refractivity contribution is 9.10. The molecular formula is C12H15BrN2O. The van der Waals surface area contributed by atoms with E-state index < -0.39 is 0 Å². The van der Waals surface area contributed by atoms with Crippen molar-refractivity contribution < 1.29 is 4.79 Å². The molecule has 2 rings (SSSR count). The summed E-state index contributed by atoms with van der Waals surface area (Å²) in [4.78, 5) is 15.9. The van der Waals surface area contributed by atoms with Gasteiger partial charge in [0.2, 0.25) is 5.91 Å². The van der Waals surface area contributed by atoms with Crippen molar-refractivity contribution >= 4 is 21.8 Å². The van der Waals surface area contributed by atoms with Crippen LogP contribution >= 0.6 is 15.9 Å². The van der Waals surface area contributed by atoms with E-state index in [0.717, 1.165) is 42.3 Å². The van der Waals surface area contributed by atoms with Gasteiger partial charge in [0.15, 0.2) is 0 Å². The van der Waals surface area contributed by atoms with Crippen LogP contribution in [0.25, 0.3) is 0 Å². The zero-order chi connectivity index (χ0) is 11.4. The Morgan fingerprint density at radius 3 is 3.12 bits per heavy atom. The van der Waals surface area contributed by atoms with Crippen molar-refractivity contribution in [1.82, 2.24) is 10.3 Å². The van der Waals surface area contributed by atoms with Crippen LogP contribution in [-0.4, -0.2) is 17.4 Å². The minimum atomic E-state index is 0.110. The van der Waals surface area contributed by atoms with Gasteiger partial charge in [0, 0.05) is 29.3 Å². The molecule has 3 nitrogen and oxygen atoms in total. The molecule has 4 heteroatoms. The molecule has 0 saturated carbocycles. The van der Waals surface area contributed by atoms with Crippen molar-refractivity contribution in [2.24, 2.45) is 5.92 Å². The fraction of sp³-hybridized carbons (Fsp3) is 0.500. The van der Waals surface area contributed by atoms with Gasteiger partial charge in [-0.25, -0.2) is 0 Å². The first-order valence-corrected chi connectivity index (χ1v) is 6.42. The maximum Gasteiger partial charge on any atom is 0.223 e. The Morgan fingerprint density at radius 1 is 1.44 bits per heavy atom. The van der Waals surface area contributed by atoms with Crippen LogP contribution in [0.15, 0.2) is 22.9 Å². The lowest BCUT2D eigenvalue weighted by atomic mass is 9.95. The quantitative estimate of drug-likeness (QED) is 0.905. The molecule has 1 unspecified atom stereocenters. The molecule has 1 aliphatic heterocycles. The number of carbonyl (C=O) groups is 1. The smallest absolute Gasteiger partial charge is 0.223 e. The van der Waals surface area contributed by atoms with Crippen molar-refractivity contribution in [2.75, 3.05) is 6.54 Å². The third-order valence-electron chi connectivity index (χ3n) is 2.89. The van der Waals surface area contributed by atoms with E-state index >= 15 is 0 Å². The zero-order valence-electron chi connectivity index (χ0n) is 9.08. The second kappa shape index (κ2) is 5.43. The first kappa shape index (κ1) is 11.6. The van der Waals surface area contributed by atoms with E-state index in [1.807, 2.05) is 12.3 Å². The number of halogens is 1. The standard InChI is InChI=1S/C12H15BrN2O/c13-11-6-9(7-14-8-11)5-10-3-1-2-4-15-12(10)16/h6-8,10H,1-5H2,(H,15,16). The molecule has 1 amide bonds. The van der Waals surface area contributed by atoms with E-state index in [-0.39, 0.29) is 11.8 Å². The molecule has 1 saturated heterocycles. The average molecular weight is 283 g/mol. The minimum absolute atomic E-state index is 0.110. The molecule has 1 fully saturated rings. The Hall–Kier alpha value is -0.900. The lowest BCUT2D eigenvalue weighted by Crippen LogP contribution is -2.30. The van der Waals surface area contributed by atoms with E-state index in [1.165, 1.54) is 0 Å². The van der Waals surface area contributed by atoms with Crippen molar-refractivity contribution in [3.05, 3.63) is 28.5 Å². The molecule has 0 aromatic carbocycles. The number of amides is 1. The van der Waals surface area contributed by atoms with Gasteiger partial charge in [0.25, 0.3) is 0 Å². The number of rotatable bonds is 2. The van der Waals surface area contributed by atoms with Crippen molar-refractivity contribution in [3.63, 3.8) is 0 Å². The fourth-order valence-electron chi connectivity index (χ4n) is 2.05. The minimum Gasteiger partial charge on any atom is -0.356 e. The highest BCUT2D eigenvalue weighted by Crippen LogP contribution is 2.19. The molecule has 1 atom stereocenters. The summed E-state index contributed by atoms with van der Waals surface area (Å²) < 4.78 is 0.971. The largest absolute Gasteiger partial charge is 0.356 e. The maximum atomic E-state index is 11.8. The third kappa shape index (κ3) is 3.04. The summed E-state index contributed by atoms with van der Waals surface area (Å²) in [6.45, 7) is 0.825. The molecule has 1 aromatic rings. The number of pyridine rings is 1. The van der Waals surface area contributed by atoms with Crippen molar-refractivity contribution in [3.8, 4) is 0 Å². The van der Waals surface area contributed by atoms with Gasteiger partial charge in [-0.05, 0) is 46.8 Å². The predicted molar refractivity (Wildman–Crippen MR) is 66.0 cm³/mol. The summed E-state index contributed by atoms with van der Waals surface area (Å²) >= 11 is 3.39. The van der Waals surface area contributed by atoms with Crippen molar-refractivity contribution in [1.29, 1.82) is 0 Å². The normalized spacial score (nSPS) is 21.3. The number of carbonyl (C=O) groups excluding carboxylic acids is 1. The summed E-state index contributed by atoms with van der Waals surface area (Å²) in [5.74, 6) is 0.302. The summed E-state index contributed by atoms with van der Waals surface area (Å²) in [6, 6.07) is 2.03. The van der Waals surface area contributed by atoms with Gasteiger partial charge < -0.3 is 5.32 Å². The summed E-state index contributed by atoms with van der Waals surface area (Å²) in [5.41, 5.74) is 1.12. The fourth-order valence-corrected chi connectivity index (χ4v) is 2.46. The van der Waals surface area contributed by atoms with Gasteiger partial charge in [0.05, 0.1) is 0 Å². The SMILES string of the molecule is O=C1NCCCCC1Cc1cncc(Br)c1. The lowest BCUT2D eigenvalue weighted by Gasteiger charge is -2.12. The second-order valence-corrected chi connectivity index (χ2v) is 5.11. The summed E-state index contributed by atoms with van der Waals surface area (Å²) in [5, 5.41) is 2.96. The second-order valence-electron chi connectivity index (χ2n) is 4.20. The maximum absolute atomic E-state index is 11.8. The Morgan fingerprint density at radius 2 is 2.31 bits per heavy atom. The highest BCUT2D eigenvalue weighted by Gasteiger charge is 2.20. The lowest BCUT2D eigenvalue weighted by molar-refractivity contribution is -0.124. The van der Waals surface area contributed by atoms with E-state index in [1.54, 1.807) is 6.20 Å². The van der Waals surface area contributed by atoms with Gasteiger partial charge in [-0.15, -0.1) is 0 Å². The number of hydrogen-bond acceptors (Lipinski definition) is 2. The van der Waals surface area contributed by atoms with Gasteiger partial charge in [0.1, 0.15) is 0 Å². The summed E-state index contributed by atoms with van der Waals surface area (Å²) in [6.07, 6.45) is 7.60. The van der Waals surface area contributed by atoms with Crippen LogP contribution < -0.4 is 5.32 Å². The van der Waals surface area contributed by atoms with Crippen LogP contribution in [0.2, 0.25) is 0 Å². The Balaban J connectivity index is 2.05. The third-order valence-corrected chi connectivity index (χ3v) is 3.33. The molecule has 1 N–H and O–H groups in total. The number of hydrogen-bond donors (Lipinski definition) is 1. The first-order chi connectivity index (χ1) is 7.75. The molecule has 0 bridgehead atoms. The molecule has 0 radical (unpaired) electrons. The molecule has 0 aliphatic carbocycles. The number of nitrogens with one attached hydrogen (secondary N) is 1.